The third-order valence-electron chi connectivity index (χ3n) is 5.23. The van der Waals surface area contributed by atoms with Gasteiger partial charge in [-0.2, -0.15) is 0 Å². The number of aryl methyl sites for hydroxylation is 1. The van der Waals surface area contributed by atoms with Crippen molar-refractivity contribution in [3.8, 4) is 0 Å². The Balaban J connectivity index is 1.68. The van der Waals surface area contributed by atoms with Crippen LogP contribution in [0.2, 0.25) is 0 Å². The maximum Gasteiger partial charge on any atom is 0.227 e. The average molecular weight is 290 g/mol. The molecule has 1 amide bonds. The van der Waals surface area contributed by atoms with Gasteiger partial charge in [-0.1, -0.05) is 6.42 Å². The van der Waals surface area contributed by atoms with Gasteiger partial charge in [0.15, 0.2) is 0 Å². The summed E-state index contributed by atoms with van der Waals surface area (Å²) in [6, 6.07) is 4.74. The van der Waals surface area contributed by atoms with Crippen molar-refractivity contribution < 1.29 is 9.18 Å². The van der Waals surface area contributed by atoms with Crippen LogP contribution in [0.4, 0.5) is 10.1 Å². The quantitative estimate of drug-likeness (QED) is 0.878. The molecule has 3 N–H and O–H groups in total. The van der Waals surface area contributed by atoms with Crippen molar-refractivity contribution in [3.63, 3.8) is 0 Å². The molecule has 0 radical (unpaired) electrons. The summed E-state index contributed by atoms with van der Waals surface area (Å²) in [5.74, 6) is 0.812. The zero-order valence-corrected chi connectivity index (χ0v) is 12.4. The number of nitrogens with one attached hydrogen (secondary N) is 1. The molecule has 0 saturated heterocycles. The van der Waals surface area contributed by atoms with Crippen molar-refractivity contribution in [1.82, 2.24) is 0 Å². The van der Waals surface area contributed by atoms with E-state index in [1.807, 2.05) is 6.92 Å². The molecule has 0 aliphatic heterocycles. The molecule has 2 fully saturated rings. The van der Waals surface area contributed by atoms with Gasteiger partial charge >= 0.3 is 0 Å². The molecule has 0 spiro atoms. The van der Waals surface area contributed by atoms with E-state index in [1.54, 1.807) is 6.07 Å². The summed E-state index contributed by atoms with van der Waals surface area (Å²) in [4.78, 5) is 12.5. The van der Waals surface area contributed by atoms with Crippen LogP contribution in [0.1, 0.15) is 37.7 Å². The van der Waals surface area contributed by atoms with Crippen LogP contribution in [0.25, 0.3) is 0 Å². The third kappa shape index (κ3) is 2.95. The summed E-state index contributed by atoms with van der Waals surface area (Å²) in [5.41, 5.74) is 7.74. The summed E-state index contributed by atoms with van der Waals surface area (Å²) < 4.78 is 13.1. The Bertz CT molecular complexity index is 532. The highest BCUT2D eigenvalue weighted by Crippen LogP contribution is 2.42. The second-order valence-corrected chi connectivity index (χ2v) is 6.65. The van der Waals surface area contributed by atoms with Crippen LogP contribution in [0, 0.1) is 30.5 Å². The van der Waals surface area contributed by atoms with E-state index in [-0.39, 0.29) is 23.7 Å². The topological polar surface area (TPSA) is 55.1 Å². The maximum absolute atomic E-state index is 13.1. The predicted molar refractivity (Wildman–Crippen MR) is 81.3 cm³/mol. The zero-order valence-electron chi connectivity index (χ0n) is 12.4. The molecule has 2 atom stereocenters. The van der Waals surface area contributed by atoms with Crippen molar-refractivity contribution in [1.29, 1.82) is 0 Å². The Morgan fingerprint density at radius 2 is 1.95 bits per heavy atom. The van der Waals surface area contributed by atoms with Crippen LogP contribution in [-0.2, 0) is 4.79 Å². The minimum atomic E-state index is -0.274. The molecule has 3 rings (SSSR count). The standard InChI is InChI=1S/C17H23FN2O/c1-10-7-14(18)5-6-15(10)20-17(21)13-8-11-3-2-4-12(9-13)16(11)19/h5-7,11-13,16H,2-4,8-9,19H2,1H3,(H,20,21). The van der Waals surface area contributed by atoms with Gasteiger partial charge in [0.25, 0.3) is 0 Å². The normalized spacial score (nSPS) is 31.8. The first-order valence-corrected chi connectivity index (χ1v) is 7.87. The molecule has 114 valence electrons. The molecule has 0 heterocycles. The number of carbonyl (C=O) groups is 1. The maximum atomic E-state index is 13.1. The van der Waals surface area contributed by atoms with Crippen molar-refractivity contribution in [2.45, 2.75) is 45.1 Å². The molecule has 2 saturated carbocycles. The lowest BCUT2D eigenvalue weighted by molar-refractivity contribution is -0.122. The number of benzene rings is 1. The van der Waals surface area contributed by atoms with Crippen LogP contribution < -0.4 is 11.1 Å². The Hall–Kier alpha value is -1.42. The Labute approximate surface area is 125 Å². The molecule has 21 heavy (non-hydrogen) atoms. The first kappa shape index (κ1) is 14.5. The fraction of sp³-hybridized carbons (Fsp3) is 0.588. The van der Waals surface area contributed by atoms with Crippen molar-refractivity contribution >= 4 is 11.6 Å². The summed E-state index contributed by atoms with van der Waals surface area (Å²) in [5, 5.41) is 2.96. The zero-order chi connectivity index (χ0) is 15.0. The molecule has 1 aromatic rings. The number of nitrogens with two attached hydrogens (primary N) is 1. The number of anilines is 1. The van der Waals surface area contributed by atoms with Crippen LogP contribution >= 0.6 is 0 Å². The van der Waals surface area contributed by atoms with Crippen molar-refractivity contribution in [3.05, 3.63) is 29.6 Å². The van der Waals surface area contributed by atoms with E-state index >= 15 is 0 Å². The van der Waals surface area contributed by atoms with E-state index in [0.717, 1.165) is 31.2 Å². The largest absolute Gasteiger partial charge is 0.327 e. The van der Waals surface area contributed by atoms with E-state index in [1.165, 1.54) is 18.6 Å². The van der Waals surface area contributed by atoms with Gasteiger partial charge < -0.3 is 11.1 Å². The van der Waals surface area contributed by atoms with Gasteiger partial charge in [0.05, 0.1) is 0 Å². The van der Waals surface area contributed by atoms with E-state index in [2.05, 4.69) is 5.32 Å². The highest BCUT2D eigenvalue weighted by Gasteiger charge is 2.40. The Morgan fingerprint density at radius 3 is 2.57 bits per heavy atom. The highest BCUT2D eigenvalue weighted by atomic mass is 19.1. The van der Waals surface area contributed by atoms with E-state index < -0.39 is 0 Å². The molecule has 1 aromatic carbocycles. The first-order valence-electron chi connectivity index (χ1n) is 7.87. The van der Waals surface area contributed by atoms with E-state index in [4.69, 9.17) is 5.73 Å². The van der Waals surface area contributed by atoms with Gasteiger partial charge in [0, 0.05) is 17.6 Å². The minimum absolute atomic E-state index is 0.0459. The fourth-order valence-corrected chi connectivity index (χ4v) is 4.01. The molecule has 2 aliphatic carbocycles. The molecule has 0 aromatic heterocycles. The molecular weight excluding hydrogens is 267 g/mol. The monoisotopic (exact) mass is 290 g/mol. The third-order valence-corrected chi connectivity index (χ3v) is 5.23. The number of hydrogen-bond acceptors (Lipinski definition) is 2. The molecule has 3 nitrogen and oxygen atoms in total. The first-order chi connectivity index (χ1) is 10.0. The molecule has 2 unspecified atom stereocenters. The lowest BCUT2D eigenvalue weighted by Gasteiger charge is -2.43. The van der Waals surface area contributed by atoms with Crippen LogP contribution in [0.5, 0.6) is 0 Å². The fourth-order valence-electron chi connectivity index (χ4n) is 4.01. The minimum Gasteiger partial charge on any atom is -0.327 e. The van der Waals surface area contributed by atoms with E-state index in [9.17, 15) is 9.18 Å². The summed E-state index contributed by atoms with van der Waals surface area (Å²) in [6.45, 7) is 1.81. The molecule has 2 bridgehead atoms. The number of amides is 1. The van der Waals surface area contributed by atoms with Gasteiger partial charge in [-0.25, -0.2) is 4.39 Å². The molecule has 2 aliphatic rings. The molecule has 4 heteroatoms. The lowest BCUT2D eigenvalue weighted by Crippen LogP contribution is -2.48. The van der Waals surface area contributed by atoms with Gasteiger partial charge in [0.2, 0.25) is 5.91 Å². The second kappa shape index (κ2) is 5.76. The summed E-state index contributed by atoms with van der Waals surface area (Å²) >= 11 is 0. The number of fused-ring (bicyclic) bond motifs is 2. The smallest absolute Gasteiger partial charge is 0.227 e. The Kier molecular flexibility index (Phi) is 3.98. The average Bonchev–Trinajstić information content (AvgIpc) is 2.41. The van der Waals surface area contributed by atoms with Crippen LogP contribution in [0.15, 0.2) is 18.2 Å². The number of rotatable bonds is 2. The highest BCUT2D eigenvalue weighted by molar-refractivity contribution is 5.93. The number of halogens is 1. The SMILES string of the molecule is Cc1cc(F)ccc1NC(=O)C1CC2CCCC(C1)C2N. The lowest BCUT2D eigenvalue weighted by atomic mass is 9.65. The van der Waals surface area contributed by atoms with Crippen LogP contribution in [0.3, 0.4) is 0 Å². The number of hydrogen-bond donors (Lipinski definition) is 2. The summed E-state index contributed by atoms with van der Waals surface area (Å²) in [6.07, 6.45) is 5.33. The summed E-state index contributed by atoms with van der Waals surface area (Å²) in [7, 11) is 0. The van der Waals surface area contributed by atoms with Gasteiger partial charge in [0.1, 0.15) is 5.82 Å². The van der Waals surface area contributed by atoms with Crippen molar-refractivity contribution in [2.24, 2.45) is 23.5 Å². The van der Waals surface area contributed by atoms with Crippen LogP contribution in [-0.4, -0.2) is 11.9 Å². The van der Waals surface area contributed by atoms with Crippen molar-refractivity contribution in [2.75, 3.05) is 5.32 Å². The van der Waals surface area contributed by atoms with Gasteiger partial charge in [-0.05, 0) is 68.2 Å². The Morgan fingerprint density at radius 1 is 1.29 bits per heavy atom. The number of carbonyl (C=O) groups excluding carboxylic acids is 1. The second-order valence-electron chi connectivity index (χ2n) is 6.65. The molecular formula is C17H23FN2O. The van der Waals surface area contributed by atoms with E-state index in [0.29, 0.717) is 17.5 Å². The van der Waals surface area contributed by atoms with Gasteiger partial charge in [-0.3, -0.25) is 4.79 Å². The van der Waals surface area contributed by atoms with Gasteiger partial charge in [-0.15, -0.1) is 0 Å². The predicted octanol–water partition coefficient (Wildman–Crippen LogP) is 3.23.